The fourth-order valence-electron chi connectivity index (χ4n) is 2.29. The fourth-order valence-corrected chi connectivity index (χ4v) is 2.29. The Balaban J connectivity index is 0.00000484. The number of methoxy groups -OCH3 is 1. The smallest absolute Gasteiger partial charge is 0.193 e. The number of aliphatic imine (C=N–C) groups is 1. The molecule has 0 spiro atoms. The zero-order valence-corrected chi connectivity index (χ0v) is 16.9. The maximum Gasteiger partial charge on any atom is 0.193 e. The summed E-state index contributed by atoms with van der Waals surface area (Å²) in [4.78, 5) is 6.82. The van der Waals surface area contributed by atoms with E-state index >= 15 is 0 Å². The molecule has 0 atom stereocenters. The quantitative estimate of drug-likeness (QED) is 0.257. The summed E-state index contributed by atoms with van der Waals surface area (Å²) in [5.74, 6) is 0.464. The van der Waals surface area contributed by atoms with Crippen molar-refractivity contribution in [2.24, 2.45) is 10.7 Å². The first-order chi connectivity index (χ1) is 10.7. The van der Waals surface area contributed by atoms with Crippen molar-refractivity contribution in [2.45, 2.75) is 33.3 Å². The number of anilines is 1. The van der Waals surface area contributed by atoms with Crippen LogP contribution >= 0.6 is 24.0 Å². The van der Waals surface area contributed by atoms with Crippen molar-refractivity contribution in [3.8, 4) is 0 Å². The van der Waals surface area contributed by atoms with Gasteiger partial charge in [-0.2, -0.15) is 0 Å². The van der Waals surface area contributed by atoms with Gasteiger partial charge < -0.3 is 20.7 Å². The van der Waals surface area contributed by atoms with Gasteiger partial charge in [0.15, 0.2) is 5.96 Å². The van der Waals surface area contributed by atoms with Gasteiger partial charge in [-0.05, 0) is 38.5 Å². The Morgan fingerprint density at radius 3 is 2.57 bits per heavy atom. The molecule has 3 N–H and O–H groups in total. The van der Waals surface area contributed by atoms with Crippen LogP contribution in [0.3, 0.4) is 0 Å². The van der Waals surface area contributed by atoms with E-state index in [0.29, 0.717) is 12.6 Å². The minimum absolute atomic E-state index is 0. The lowest BCUT2D eigenvalue weighted by Crippen LogP contribution is -2.25. The standard InChI is InChI=1S/C17H30N4O.HI/c1-4-21(5-2)13-9-8-12-19-17(18)20-16-11-7-6-10-15(16)14-22-3;/h6-7,10-11H,4-5,8-9,12-14H2,1-3H3,(H3,18,19,20);1H. The SMILES string of the molecule is CCN(CC)CCCCN=C(N)Nc1ccccc1COC.I. The molecule has 0 aromatic heterocycles. The van der Waals surface area contributed by atoms with Crippen molar-refractivity contribution < 1.29 is 4.74 Å². The largest absolute Gasteiger partial charge is 0.380 e. The second kappa shape index (κ2) is 13.6. The van der Waals surface area contributed by atoms with Crippen molar-refractivity contribution in [1.82, 2.24) is 4.90 Å². The van der Waals surface area contributed by atoms with E-state index in [9.17, 15) is 0 Å². The number of halogens is 1. The average molecular weight is 434 g/mol. The molecule has 0 radical (unpaired) electrons. The Morgan fingerprint density at radius 2 is 1.91 bits per heavy atom. The number of nitrogens with two attached hydrogens (primary N) is 1. The molecule has 5 nitrogen and oxygen atoms in total. The van der Waals surface area contributed by atoms with E-state index < -0.39 is 0 Å². The van der Waals surface area contributed by atoms with Crippen LogP contribution in [0.5, 0.6) is 0 Å². The van der Waals surface area contributed by atoms with Crippen LogP contribution in [0, 0.1) is 0 Å². The Labute approximate surface area is 157 Å². The molecule has 1 rings (SSSR count). The van der Waals surface area contributed by atoms with E-state index in [4.69, 9.17) is 10.5 Å². The number of hydrogen-bond acceptors (Lipinski definition) is 3. The summed E-state index contributed by atoms with van der Waals surface area (Å²) in [5, 5.41) is 3.15. The van der Waals surface area contributed by atoms with Crippen molar-refractivity contribution >= 4 is 35.6 Å². The predicted molar refractivity (Wildman–Crippen MR) is 110 cm³/mol. The number of unbranched alkanes of at least 4 members (excludes halogenated alkanes) is 1. The molecule has 23 heavy (non-hydrogen) atoms. The van der Waals surface area contributed by atoms with Gasteiger partial charge in [0.1, 0.15) is 0 Å². The van der Waals surface area contributed by atoms with Crippen LogP contribution in [0.25, 0.3) is 0 Å². The molecule has 0 aliphatic rings. The number of nitrogens with zero attached hydrogens (tertiary/aromatic N) is 2. The Morgan fingerprint density at radius 1 is 1.22 bits per heavy atom. The second-order valence-corrected chi connectivity index (χ2v) is 5.22. The lowest BCUT2D eigenvalue weighted by molar-refractivity contribution is 0.185. The van der Waals surface area contributed by atoms with Gasteiger partial charge in [0, 0.05) is 24.9 Å². The maximum atomic E-state index is 5.95. The highest BCUT2D eigenvalue weighted by atomic mass is 127. The summed E-state index contributed by atoms with van der Waals surface area (Å²) in [5.41, 5.74) is 7.98. The molecule has 1 aromatic carbocycles. The van der Waals surface area contributed by atoms with Crippen LogP contribution in [-0.2, 0) is 11.3 Å². The highest BCUT2D eigenvalue weighted by Gasteiger charge is 2.02. The predicted octanol–water partition coefficient (Wildman–Crippen LogP) is 3.30. The minimum Gasteiger partial charge on any atom is -0.380 e. The highest BCUT2D eigenvalue weighted by molar-refractivity contribution is 14.0. The summed E-state index contributed by atoms with van der Waals surface area (Å²) in [6, 6.07) is 7.96. The van der Waals surface area contributed by atoms with Crippen LogP contribution in [-0.4, -0.2) is 44.1 Å². The molecule has 0 heterocycles. The number of rotatable bonds is 10. The molecule has 0 bridgehead atoms. The van der Waals surface area contributed by atoms with Gasteiger partial charge in [0.25, 0.3) is 0 Å². The minimum atomic E-state index is 0. The van der Waals surface area contributed by atoms with E-state index in [0.717, 1.165) is 50.3 Å². The molecule has 0 aliphatic heterocycles. The Bertz CT molecular complexity index is 450. The Hall–Kier alpha value is -0.860. The number of para-hydroxylation sites is 1. The average Bonchev–Trinajstić information content (AvgIpc) is 2.53. The molecule has 0 saturated carbocycles. The number of benzene rings is 1. The third-order valence-corrected chi connectivity index (χ3v) is 3.64. The summed E-state index contributed by atoms with van der Waals surface area (Å²) in [6.07, 6.45) is 2.21. The zero-order chi connectivity index (χ0) is 16.2. The van der Waals surface area contributed by atoms with Gasteiger partial charge in [-0.25, -0.2) is 0 Å². The lowest BCUT2D eigenvalue weighted by Gasteiger charge is -2.17. The molecule has 132 valence electrons. The van der Waals surface area contributed by atoms with E-state index in [1.807, 2.05) is 24.3 Å². The summed E-state index contributed by atoms with van der Waals surface area (Å²) < 4.78 is 5.18. The number of ether oxygens (including phenoxy) is 1. The molecule has 0 unspecified atom stereocenters. The van der Waals surface area contributed by atoms with E-state index in [1.165, 1.54) is 0 Å². The van der Waals surface area contributed by atoms with E-state index in [1.54, 1.807) is 7.11 Å². The van der Waals surface area contributed by atoms with Crippen molar-refractivity contribution in [3.63, 3.8) is 0 Å². The molecule has 0 amide bonds. The number of nitrogens with one attached hydrogen (secondary N) is 1. The van der Waals surface area contributed by atoms with Gasteiger partial charge in [-0.15, -0.1) is 24.0 Å². The molecule has 0 fully saturated rings. The molecule has 0 aliphatic carbocycles. The summed E-state index contributed by atoms with van der Waals surface area (Å²) in [6.45, 7) is 9.06. The van der Waals surface area contributed by atoms with Gasteiger partial charge >= 0.3 is 0 Å². The third kappa shape index (κ3) is 9.12. The normalized spacial score (nSPS) is 11.4. The van der Waals surface area contributed by atoms with Crippen LogP contribution in [0.4, 0.5) is 5.69 Å². The first-order valence-electron chi connectivity index (χ1n) is 8.07. The first kappa shape index (κ1) is 22.1. The van der Waals surface area contributed by atoms with E-state index in [-0.39, 0.29) is 24.0 Å². The summed E-state index contributed by atoms with van der Waals surface area (Å²) >= 11 is 0. The number of hydrogen-bond donors (Lipinski definition) is 2. The van der Waals surface area contributed by atoms with Crippen LogP contribution in [0.15, 0.2) is 29.3 Å². The van der Waals surface area contributed by atoms with Crippen LogP contribution in [0.1, 0.15) is 32.3 Å². The van der Waals surface area contributed by atoms with Gasteiger partial charge in [0.2, 0.25) is 0 Å². The van der Waals surface area contributed by atoms with Crippen molar-refractivity contribution in [3.05, 3.63) is 29.8 Å². The zero-order valence-electron chi connectivity index (χ0n) is 14.5. The first-order valence-corrected chi connectivity index (χ1v) is 8.07. The molecule has 0 saturated heterocycles. The number of guanidine groups is 1. The third-order valence-electron chi connectivity index (χ3n) is 3.64. The van der Waals surface area contributed by atoms with Gasteiger partial charge in [-0.3, -0.25) is 4.99 Å². The van der Waals surface area contributed by atoms with Crippen LogP contribution in [0.2, 0.25) is 0 Å². The second-order valence-electron chi connectivity index (χ2n) is 5.22. The monoisotopic (exact) mass is 434 g/mol. The van der Waals surface area contributed by atoms with Gasteiger partial charge in [-0.1, -0.05) is 32.0 Å². The Kier molecular flexibility index (Phi) is 13.1. The molecule has 6 heteroatoms. The highest BCUT2D eigenvalue weighted by Crippen LogP contribution is 2.15. The molecular formula is C17H31IN4O. The summed E-state index contributed by atoms with van der Waals surface area (Å²) in [7, 11) is 1.68. The maximum absolute atomic E-state index is 5.95. The van der Waals surface area contributed by atoms with Gasteiger partial charge in [0.05, 0.1) is 6.61 Å². The lowest BCUT2D eigenvalue weighted by atomic mass is 10.2. The molecular weight excluding hydrogens is 403 g/mol. The topological polar surface area (TPSA) is 62.9 Å². The van der Waals surface area contributed by atoms with Crippen molar-refractivity contribution in [1.29, 1.82) is 0 Å². The molecule has 1 aromatic rings. The van der Waals surface area contributed by atoms with Crippen molar-refractivity contribution in [2.75, 3.05) is 38.6 Å². The van der Waals surface area contributed by atoms with E-state index in [2.05, 4.69) is 29.1 Å². The van der Waals surface area contributed by atoms with Crippen LogP contribution < -0.4 is 11.1 Å². The fraction of sp³-hybridized carbons (Fsp3) is 0.588.